The minimum absolute atomic E-state index is 0.0858. The van der Waals surface area contributed by atoms with Crippen LogP contribution in [0.25, 0.3) is 0 Å². The summed E-state index contributed by atoms with van der Waals surface area (Å²) >= 11 is 0. The molecular formula is C16H21NO3. The highest BCUT2D eigenvalue weighted by Crippen LogP contribution is 2.42. The molecule has 1 saturated heterocycles. The van der Waals surface area contributed by atoms with E-state index in [0.717, 1.165) is 0 Å². The van der Waals surface area contributed by atoms with Gasteiger partial charge in [-0.3, -0.25) is 9.59 Å². The molecule has 2 atom stereocenters. The van der Waals surface area contributed by atoms with Crippen LogP contribution in [0.5, 0.6) is 0 Å². The van der Waals surface area contributed by atoms with E-state index in [1.165, 1.54) is 4.90 Å². The fourth-order valence-electron chi connectivity index (χ4n) is 2.58. The highest BCUT2D eigenvalue weighted by Gasteiger charge is 2.50. The molecule has 0 aromatic heterocycles. The lowest BCUT2D eigenvalue weighted by Crippen LogP contribution is -2.37. The number of aliphatic hydroxyl groups excluding tert-OH is 1. The number of hydrogen-bond donors (Lipinski definition) is 1. The van der Waals surface area contributed by atoms with Gasteiger partial charge in [0.25, 0.3) is 0 Å². The molecule has 1 aromatic rings. The van der Waals surface area contributed by atoms with Crippen molar-refractivity contribution in [3.05, 3.63) is 29.8 Å². The quantitative estimate of drug-likeness (QED) is 0.863. The minimum atomic E-state index is -0.724. The fraction of sp³-hybridized carbons (Fsp3) is 0.500. The minimum Gasteiger partial charge on any atom is -0.389 e. The third kappa shape index (κ3) is 2.14. The van der Waals surface area contributed by atoms with Gasteiger partial charge >= 0.3 is 0 Å². The van der Waals surface area contributed by atoms with E-state index < -0.39 is 11.5 Å². The van der Waals surface area contributed by atoms with Gasteiger partial charge in [0.1, 0.15) is 0 Å². The maximum absolute atomic E-state index is 12.7. The van der Waals surface area contributed by atoms with Gasteiger partial charge in [0, 0.05) is 12.0 Å². The monoisotopic (exact) mass is 275 g/mol. The molecule has 0 radical (unpaired) electrons. The second-order valence-electron chi connectivity index (χ2n) is 6.02. The third-order valence-electron chi connectivity index (χ3n) is 4.36. The number of aliphatic hydroxyl groups is 1. The van der Waals surface area contributed by atoms with Gasteiger partial charge in [0.05, 0.1) is 17.2 Å². The first-order valence-electron chi connectivity index (χ1n) is 6.93. The van der Waals surface area contributed by atoms with Gasteiger partial charge in [-0.2, -0.15) is 0 Å². The molecular weight excluding hydrogens is 254 g/mol. The van der Waals surface area contributed by atoms with E-state index in [-0.39, 0.29) is 24.2 Å². The Hall–Kier alpha value is -1.68. The summed E-state index contributed by atoms with van der Waals surface area (Å²) < 4.78 is 0. The SMILES string of the molecule is CC(O)c1ccccc1N1C(=O)CC(C)(C(C)C)C1=O. The van der Waals surface area contributed by atoms with Crippen LogP contribution < -0.4 is 4.90 Å². The third-order valence-corrected chi connectivity index (χ3v) is 4.36. The van der Waals surface area contributed by atoms with Crippen molar-refractivity contribution in [2.24, 2.45) is 11.3 Å². The van der Waals surface area contributed by atoms with E-state index in [4.69, 9.17) is 0 Å². The zero-order chi connectivity index (χ0) is 15.1. The van der Waals surface area contributed by atoms with E-state index >= 15 is 0 Å². The summed E-state index contributed by atoms with van der Waals surface area (Å²) in [6.45, 7) is 7.37. The number of benzene rings is 1. The second-order valence-corrected chi connectivity index (χ2v) is 6.02. The van der Waals surface area contributed by atoms with Crippen molar-refractivity contribution < 1.29 is 14.7 Å². The highest BCUT2D eigenvalue weighted by molar-refractivity contribution is 6.22. The van der Waals surface area contributed by atoms with Gasteiger partial charge in [0.15, 0.2) is 0 Å². The standard InChI is InChI=1S/C16H21NO3/c1-10(2)16(4)9-14(19)17(15(16)20)13-8-6-5-7-12(13)11(3)18/h5-8,10-11,18H,9H2,1-4H3. The second kappa shape index (κ2) is 5.02. The zero-order valence-corrected chi connectivity index (χ0v) is 12.4. The van der Waals surface area contributed by atoms with Crippen molar-refractivity contribution in [3.8, 4) is 0 Å². The van der Waals surface area contributed by atoms with Crippen LogP contribution in [0.4, 0.5) is 5.69 Å². The first-order chi connectivity index (χ1) is 9.29. The molecule has 2 unspecified atom stereocenters. The van der Waals surface area contributed by atoms with Crippen molar-refractivity contribution in [1.29, 1.82) is 0 Å². The van der Waals surface area contributed by atoms with E-state index in [1.54, 1.807) is 31.2 Å². The number of carbonyl (C=O) groups excluding carboxylic acids is 2. The number of nitrogens with zero attached hydrogens (tertiary/aromatic N) is 1. The zero-order valence-electron chi connectivity index (χ0n) is 12.4. The number of anilines is 1. The predicted molar refractivity (Wildman–Crippen MR) is 77.1 cm³/mol. The van der Waals surface area contributed by atoms with E-state index in [0.29, 0.717) is 11.3 Å². The average molecular weight is 275 g/mol. The first kappa shape index (κ1) is 14.7. The molecule has 1 aliphatic heterocycles. The Kier molecular flexibility index (Phi) is 3.69. The Balaban J connectivity index is 2.50. The number of amides is 2. The van der Waals surface area contributed by atoms with E-state index in [1.807, 2.05) is 20.8 Å². The number of imide groups is 1. The van der Waals surface area contributed by atoms with Crippen molar-refractivity contribution in [1.82, 2.24) is 0 Å². The molecule has 2 amide bonds. The van der Waals surface area contributed by atoms with E-state index in [2.05, 4.69) is 0 Å². The molecule has 0 saturated carbocycles. The Morgan fingerprint density at radius 3 is 2.30 bits per heavy atom. The lowest BCUT2D eigenvalue weighted by Gasteiger charge is -2.27. The summed E-state index contributed by atoms with van der Waals surface area (Å²) in [6, 6.07) is 7.01. The summed E-state index contributed by atoms with van der Waals surface area (Å²) in [5.74, 6) is -0.285. The van der Waals surface area contributed by atoms with Gasteiger partial charge in [-0.15, -0.1) is 0 Å². The van der Waals surface area contributed by atoms with Crippen LogP contribution in [0, 0.1) is 11.3 Å². The molecule has 1 heterocycles. The molecule has 4 nitrogen and oxygen atoms in total. The van der Waals surface area contributed by atoms with Gasteiger partial charge in [-0.1, -0.05) is 32.0 Å². The molecule has 2 rings (SSSR count). The van der Waals surface area contributed by atoms with Crippen LogP contribution in [0.2, 0.25) is 0 Å². The molecule has 20 heavy (non-hydrogen) atoms. The Labute approximate surface area is 119 Å². The Morgan fingerprint density at radius 2 is 1.80 bits per heavy atom. The van der Waals surface area contributed by atoms with Gasteiger partial charge in [0.2, 0.25) is 11.8 Å². The van der Waals surface area contributed by atoms with Crippen molar-refractivity contribution in [3.63, 3.8) is 0 Å². The number of carbonyl (C=O) groups is 2. The first-order valence-corrected chi connectivity index (χ1v) is 6.93. The van der Waals surface area contributed by atoms with Crippen LogP contribution in [0.3, 0.4) is 0 Å². The van der Waals surface area contributed by atoms with Crippen molar-refractivity contribution in [2.75, 3.05) is 4.90 Å². The fourth-order valence-corrected chi connectivity index (χ4v) is 2.58. The normalized spacial score (nSPS) is 24.6. The number of rotatable bonds is 3. The summed E-state index contributed by atoms with van der Waals surface area (Å²) in [5, 5.41) is 9.83. The topological polar surface area (TPSA) is 57.6 Å². The molecule has 1 N–H and O–H groups in total. The van der Waals surface area contributed by atoms with Crippen LogP contribution in [0.15, 0.2) is 24.3 Å². The lowest BCUT2D eigenvalue weighted by molar-refractivity contribution is -0.126. The number of hydrogen-bond acceptors (Lipinski definition) is 3. The van der Waals surface area contributed by atoms with Gasteiger partial charge < -0.3 is 5.11 Å². The lowest BCUT2D eigenvalue weighted by atomic mass is 9.78. The van der Waals surface area contributed by atoms with Crippen LogP contribution >= 0.6 is 0 Å². The van der Waals surface area contributed by atoms with Crippen molar-refractivity contribution in [2.45, 2.75) is 40.2 Å². The molecule has 0 spiro atoms. The maximum Gasteiger partial charge on any atom is 0.240 e. The summed E-state index contributed by atoms with van der Waals surface area (Å²) in [5.41, 5.74) is 0.437. The summed E-state index contributed by atoms with van der Waals surface area (Å²) in [7, 11) is 0. The smallest absolute Gasteiger partial charge is 0.240 e. The van der Waals surface area contributed by atoms with Crippen molar-refractivity contribution >= 4 is 17.5 Å². The van der Waals surface area contributed by atoms with Crippen LogP contribution in [0.1, 0.15) is 45.8 Å². The van der Waals surface area contributed by atoms with Gasteiger partial charge in [-0.05, 0) is 25.8 Å². The molecule has 1 aromatic carbocycles. The van der Waals surface area contributed by atoms with E-state index in [9.17, 15) is 14.7 Å². The molecule has 108 valence electrons. The maximum atomic E-state index is 12.7. The summed E-state index contributed by atoms with van der Waals surface area (Å²) in [4.78, 5) is 26.2. The molecule has 4 heteroatoms. The average Bonchev–Trinajstić information content (AvgIpc) is 2.61. The Morgan fingerprint density at radius 1 is 1.20 bits per heavy atom. The highest BCUT2D eigenvalue weighted by atomic mass is 16.3. The molecule has 1 fully saturated rings. The Bertz CT molecular complexity index is 550. The molecule has 0 bridgehead atoms. The van der Waals surface area contributed by atoms with Crippen LogP contribution in [-0.2, 0) is 9.59 Å². The summed E-state index contributed by atoms with van der Waals surface area (Å²) in [6.07, 6.45) is -0.504. The largest absolute Gasteiger partial charge is 0.389 e. The molecule has 0 aliphatic carbocycles. The number of para-hydroxylation sites is 1. The van der Waals surface area contributed by atoms with Gasteiger partial charge in [-0.25, -0.2) is 4.90 Å². The molecule has 1 aliphatic rings. The van der Waals surface area contributed by atoms with Crippen LogP contribution in [-0.4, -0.2) is 16.9 Å². The predicted octanol–water partition coefficient (Wildman–Crippen LogP) is 2.67.